The molecule has 2 aromatic rings. The van der Waals surface area contributed by atoms with Gasteiger partial charge in [0.15, 0.2) is 0 Å². The van der Waals surface area contributed by atoms with Crippen LogP contribution in [0.25, 0.3) is 10.9 Å². The molecule has 4 nitrogen and oxygen atoms in total. The van der Waals surface area contributed by atoms with Crippen LogP contribution >= 0.6 is 0 Å². The van der Waals surface area contributed by atoms with Crippen LogP contribution < -0.4 is 11.3 Å². The summed E-state index contributed by atoms with van der Waals surface area (Å²) in [5, 5.41) is 5.95. The summed E-state index contributed by atoms with van der Waals surface area (Å²) < 4.78 is 1.97. The van der Waals surface area contributed by atoms with Gasteiger partial charge in [-0.05, 0) is 24.3 Å². The van der Waals surface area contributed by atoms with Gasteiger partial charge < -0.3 is 0 Å². The molecular weight excluding hydrogens is 248 g/mol. The fourth-order valence-corrected chi connectivity index (χ4v) is 3.75. The first kappa shape index (κ1) is 13.6. The molecule has 0 radical (unpaired) electrons. The van der Waals surface area contributed by atoms with Crippen molar-refractivity contribution in [2.45, 2.75) is 38.6 Å². The van der Waals surface area contributed by atoms with E-state index < -0.39 is 0 Å². The number of para-hydroxylation sites is 1. The van der Waals surface area contributed by atoms with E-state index in [-0.39, 0.29) is 0 Å². The largest absolute Gasteiger partial charge is 0.271 e. The van der Waals surface area contributed by atoms with Crippen molar-refractivity contribution in [3.8, 4) is 0 Å². The number of hydrogen-bond donors (Lipinski definition) is 2. The van der Waals surface area contributed by atoms with Crippen LogP contribution in [0, 0.1) is 11.8 Å². The fraction of sp³-hybridized carbons (Fsp3) is 0.562. The summed E-state index contributed by atoms with van der Waals surface area (Å²) >= 11 is 0. The molecule has 1 fully saturated rings. The summed E-state index contributed by atoms with van der Waals surface area (Å²) in [6, 6.07) is 8.74. The second kappa shape index (κ2) is 5.54. The Labute approximate surface area is 120 Å². The van der Waals surface area contributed by atoms with Gasteiger partial charge in [-0.2, -0.15) is 5.10 Å². The number of rotatable bonds is 4. The Morgan fingerprint density at radius 1 is 1.40 bits per heavy atom. The normalized spacial score (nSPS) is 24.4. The third kappa shape index (κ3) is 2.34. The predicted octanol–water partition coefficient (Wildman–Crippen LogP) is 2.38. The van der Waals surface area contributed by atoms with Gasteiger partial charge in [0.2, 0.25) is 0 Å². The molecule has 20 heavy (non-hydrogen) atoms. The monoisotopic (exact) mass is 272 g/mol. The molecule has 1 aromatic carbocycles. The van der Waals surface area contributed by atoms with E-state index in [0.717, 1.165) is 18.0 Å². The van der Waals surface area contributed by atoms with Crippen LogP contribution in [0.15, 0.2) is 24.3 Å². The number of aryl methyl sites for hydroxylation is 1. The molecule has 108 valence electrons. The zero-order chi connectivity index (χ0) is 14.1. The number of benzene rings is 1. The first-order chi connectivity index (χ1) is 9.70. The zero-order valence-electron chi connectivity index (χ0n) is 12.3. The van der Waals surface area contributed by atoms with Crippen molar-refractivity contribution in [1.29, 1.82) is 0 Å². The van der Waals surface area contributed by atoms with Gasteiger partial charge in [-0.1, -0.05) is 38.0 Å². The lowest BCUT2D eigenvalue weighted by Crippen LogP contribution is -2.43. The number of nitrogens with zero attached hydrogens (tertiary/aromatic N) is 2. The predicted molar refractivity (Wildman–Crippen MR) is 82.0 cm³/mol. The van der Waals surface area contributed by atoms with Gasteiger partial charge in [0.1, 0.15) is 0 Å². The van der Waals surface area contributed by atoms with Gasteiger partial charge >= 0.3 is 0 Å². The van der Waals surface area contributed by atoms with E-state index in [4.69, 9.17) is 10.9 Å². The number of hydrazine groups is 1. The Hall–Kier alpha value is -1.39. The van der Waals surface area contributed by atoms with Crippen molar-refractivity contribution in [2.75, 3.05) is 0 Å². The van der Waals surface area contributed by atoms with Gasteiger partial charge in [-0.15, -0.1) is 0 Å². The SMILES string of the molecule is CC1CCCC1C(Cc1nn(C)c2ccccc12)NN. The molecule has 1 aliphatic carbocycles. The van der Waals surface area contributed by atoms with Gasteiger partial charge in [0.05, 0.1) is 11.2 Å². The second-order valence-electron chi connectivity index (χ2n) is 6.14. The highest BCUT2D eigenvalue weighted by atomic mass is 15.3. The molecule has 3 unspecified atom stereocenters. The summed E-state index contributed by atoms with van der Waals surface area (Å²) in [6.45, 7) is 2.35. The first-order valence-electron chi connectivity index (χ1n) is 7.57. The Morgan fingerprint density at radius 2 is 2.20 bits per heavy atom. The third-order valence-electron chi connectivity index (χ3n) is 4.91. The van der Waals surface area contributed by atoms with E-state index in [0.29, 0.717) is 12.0 Å². The number of fused-ring (bicyclic) bond motifs is 1. The number of nitrogens with two attached hydrogens (primary N) is 1. The summed E-state index contributed by atoms with van der Waals surface area (Å²) in [7, 11) is 2.01. The topological polar surface area (TPSA) is 55.9 Å². The maximum absolute atomic E-state index is 5.83. The number of hydrogen-bond acceptors (Lipinski definition) is 3. The summed E-state index contributed by atoms with van der Waals surface area (Å²) in [5.41, 5.74) is 5.40. The van der Waals surface area contributed by atoms with Crippen molar-refractivity contribution in [3.63, 3.8) is 0 Å². The zero-order valence-corrected chi connectivity index (χ0v) is 12.3. The van der Waals surface area contributed by atoms with E-state index in [1.807, 2.05) is 11.7 Å². The van der Waals surface area contributed by atoms with Gasteiger partial charge in [0, 0.05) is 24.9 Å². The maximum atomic E-state index is 5.83. The van der Waals surface area contributed by atoms with Crippen LogP contribution in [-0.4, -0.2) is 15.8 Å². The average Bonchev–Trinajstić information content (AvgIpc) is 3.01. The minimum Gasteiger partial charge on any atom is -0.271 e. The molecular formula is C16H24N4. The van der Waals surface area contributed by atoms with E-state index in [1.165, 1.54) is 30.2 Å². The average molecular weight is 272 g/mol. The Kier molecular flexibility index (Phi) is 3.76. The molecule has 0 aliphatic heterocycles. The van der Waals surface area contributed by atoms with Gasteiger partial charge in [0.25, 0.3) is 0 Å². The lowest BCUT2D eigenvalue weighted by atomic mass is 9.87. The van der Waals surface area contributed by atoms with Crippen LogP contribution in [0.2, 0.25) is 0 Å². The number of nitrogens with one attached hydrogen (secondary N) is 1. The van der Waals surface area contributed by atoms with Crippen molar-refractivity contribution in [1.82, 2.24) is 15.2 Å². The van der Waals surface area contributed by atoms with Crippen LogP contribution in [-0.2, 0) is 13.5 Å². The van der Waals surface area contributed by atoms with E-state index in [1.54, 1.807) is 0 Å². The molecule has 0 amide bonds. The van der Waals surface area contributed by atoms with Crippen molar-refractivity contribution >= 4 is 10.9 Å². The molecule has 0 bridgehead atoms. The molecule has 1 heterocycles. The first-order valence-corrected chi connectivity index (χ1v) is 7.57. The maximum Gasteiger partial charge on any atom is 0.0719 e. The van der Waals surface area contributed by atoms with Gasteiger partial charge in [-0.3, -0.25) is 16.0 Å². The molecule has 1 aliphatic rings. The lowest BCUT2D eigenvalue weighted by Gasteiger charge is -2.25. The summed E-state index contributed by atoms with van der Waals surface area (Å²) in [5.74, 6) is 7.25. The Bertz CT molecular complexity index is 589. The van der Waals surface area contributed by atoms with Crippen LogP contribution in [0.4, 0.5) is 0 Å². The lowest BCUT2D eigenvalue weighted by molar-refractivity contribution is 0.296. The third-order valence-corrected chi connectivity index (χ3v) is 4.91. The minimum absolute atomic E-state index is 0.325. The van der Waals surface area contributed by atoms with Crippen molar-refractivity contribution in [2.24, 2.45) is 24.7 Å². The van der Waals surface area contributed by atoms with E-state index >= 15 is 0 Å². The van der Waals surface area contributed by atoms with Crippen molar-refractivity contribution in [3.05, 3.63) is 30.0 Å². The Balaban J connectivity index is 1.87. The number of aromatic nitrogens is 2. The highest BCUT2D eigenvalue weighted by Gasteiger charge is 2.31. The van der Waals surface area contributed by atoms with E-state index in [2.05, 4.69) is 36.6 Å². The fourth-order valence-electron chi connectivity index (χ4n) is 3.75. The molecule has 0 saturated heterocycles. The van der Waals surface area contributed by atoms with Gasteiger partial charge in [-0.25, -0.2) is 0 Å². The molecule has 1 saturated carbocycles. The molecule has 1 aromatic heterocycles. The van der Waals surface area contributed by atoms with Crippen LogP contribution in [0.5, 0.6) is 0 Å². The quantitative estimate of drug-likeness (QED) is 0.663. The molecule has 4 heteroatoms. The Morgan fingerprint density at radius 3 is 2.90 bits per heavy atom. The summed E-state index contributed by atoms with van der Waals surface area (Å²) in [4.78, 5) is 0. The second-order valence-corrected chi connectivity index (χ2v) is 6.14. The van der Waals surface area contributed by atoms with Crippen LogP contribution in [0.1, 0.15) is 31.9 Å². The molecule has 3 rings (SSSR count). The van der Waals surface area contributed by atoms with E-state index in [9.17, 15) is 0 Å². The molecule has 3 N–H and O–H groups in total. The molecule has 0 spiro atoms. The van der Waals surface area contributed by atoms with Crippen LogP contribution in [0.3, 0.4) is 0 Å². The standard InChI is InChI=1S/C16H24N4/c1-11-6-5-8-12(11)14(18-17)10-15-13-7-3-4-9-16(13)20(2)19-15/h3-4,7,9,11-12,14,18H,5-6,8,10,17H2,1-2H3. The highest BCUT2D eigenvalue weighted by molar-refractivity contribution is 5.81. The summed E-state index contributed by atoms with van der Waals surface area (Å²) in [6.07, 6.45) is 4.84. The van der Waals surface area contributed by atoms with Crippen molar-refractivity contribution < 1.29 is 0 Å². The highest BCUT2D eigenvalue weighted by Crippen LogP contribution is 2.35. The smallest absolute Gasteiger partial charge is 0.0719 e. The molecule has 3 atom stereocenters. The minimum atomic E-state index is 0.325.